The summed E-state index contributed by atoms with van der Waals surface area (Å²) in [6, 6.07) is 7.03. The molecular weight excluding hydrogens is 304 g/mol. The van der Waals surface area contributed by atoms with Crippen molar-refractivity contribution in [1.82, 2.24) is 9.80 Å². The number of Topliss-reactive ketones (excluding diaryl/α,β-unsaturated/α-hetero) is 1. The van der Waals surface area contributed by atoms with Gasteiger partial charge in [-0.15, -0.1) is 0 Å². The second-order valence-electron chi connectivity index (χ2n) is 7.46. The minimum atomic E-state index is -0.625. The Morgan fingerprint density at radius 3 is 1.50 bits per heavy atom. The molecule has 5 heteroatoms. The van der Waals surface area contributed by atoms with E-state index in [9.17, 15) is 14.4 Å². The van der Waals surface area contributed by atoms with Gasteiger partial charge in [-0.2, -0.15) is 0 Å². The predicted octanol–water partition coefficient (Wildman–Crippen LogP) is 1.97. The van der Waals surface area contributed by atoms with Gasteiger partial charge in [0.25, 0.3) is 11.8 Å². The monoisotopic (exact) mass is 326 g/mol. The van der Waals surface area contributed by atoms with Crippen molar-refractivity contribution in [1.29, 1.82) is 0 Å². The highest BCUT2D eigenvalue weighted by molar-refractivity contribution is 6.09. The van der Waals surface area contributed by atoms with Crippen molar-refractivity contribution in [3.05, 3.63) is 35.4 Å². The molecule has 0 unspecified atom stereocenters. The fraction of sp³-hybridized carbons (Fsp3) is 0.526. The summed E-state index contributed by atoms with van der Waals surface area (Å²) in [5.74, 6) is 0.00996. The third-order valence-electron chi connectivity index (χ3n) is 6.25. The Labute approximate surface area is 141 Å². The van der Waals surface area contributed by atoms with Crippen LogP contribution in [0.25, 0.3) is 0 Å². The zero-order valence-corrected chi connectivity index (χ0v) is 14.2. The molecule has 126 valence electrons. The van der Waals surface area contributed by atoms with Crippen LogP contribution in [0, 0.1) is 10.8 Å². The molecule has 0 aromatic heterocycles. The number of carbonyl (C=O) groups is 3. The molecule has 2 amide bonds. The molecule has 4 aliphatic heterocycles. The van der Waals surface area contributed by atoms with Crippen LogP contribution in [0.4, 0.5) is 0 Å². The molecule has 0 aliphatic carbocycles. The number of hydrogen-bond acceptors (Lipinski definition) is 3. The normalized spacial score (nSPS) is 31.8. The molecule has 2 saturated heterocycles. The third-order valence-corrected chi connectivity index (χ3v) is 6.25. The maximum absolute atomic E-state index is 13.3. The standard InChI is InChI=1S/C19H22N2O3/c1-3-18-9-20-11-19(4-2,17(18)24)12-21(10-18)16(23)14-8-6-5-7-13(14)15(20)22/h5-8H,3-4,9-12H2,1-2H3. The van der Waals surface area contributed by atoms with Crippen LogP contribution in [0.15, 0.2) is 24.3 Å². The largest absolute Gasteiger partial charge is 0.336 e. The average Bonchev–Trinajstić information content (AvgIpc) is 2.65. The fourth-order valence-corrected chi connectivity index (χ4v) is 4.78. The van der Waals surface area contributed by atoms with Crippen molar-refractivity contribution >= 4 is 17.6 Å². The SMILES string of the molecule is CCC12CN3CC(CC)(CN(C1)C(=O)c1ccccc1C3=O)C2=O. The van der Waals surface area contributed by atoms with Gasteiger partial charge in [0.1, 0.15) is 0 Å². The van der Waals surface area contributed by atoms with E-state index >= 15 is 0 Å². The highest BCUT2D eigenvalue weighted by atomic mass is 16.2. The van der Waals surface area contributed by atoms with Crippen molar-refractivity contribution in [3.63, 3.8) is 0 Å². The number of carbonyl (C=O) groups excluding carboxylic acids is 3. The lowest BCUT2D eigenvalue weighted by molar-refractivity contribution is -0.157. The average molecular weight is 326 g/mol. The zero-order valence-electron chi connectivity index (χ0n) is 14.2. The van der Waals surface area contributed by atoms with Crippen LogP contribution < -0.4 is 0 Å². The molecule has 0 atom stereocenters. The molecule has 1 aromatic rings. The van der Waals surface area contributed by atoms with E-state index in [1.54, 1.807) is 24.3 Å². The first-order valence-corrected chi connectivity index (χ1v) is 8.69. The zero-order chi connectivity index (χ0) is 17.1. The van der Waals surface area contributed by atoms with Crippen molar-refractivity contribution in [3.8, 4) is 0 Å². The predicted molar refractivity (Wildman–Crippen MR) is 88.7 cm³/mol. The van der Waals surface area contributed by atoms with E-state index in [0.717, 1.165) is 0 Å². The van der Waals surface area contributed by atoms with Gasteiger partial charge >= 0.3 is 0 Å². The first-order valence-electron chi connectivity index (χ1n) is 8.69. The first-order chi connectivity index (χ1) is 11.5. The van der Waals surface area contributed by atoms with Crippen molar-refractivity contribution in [2.24, 2.45) is 10.8 Å². The lowest BCUT2D eigenvalue weighted by Crippen LogP contribution is -2.70. The molecule has 4 bridgehead atoms. The summed E-state index contributed by atoms with van der Waals surface area (Å²) < 4.78 is 0. The molecule has 4 aliphatic rings. The number of benzene rings is 1. The molecular formula is C19H22N2O3. The second-order valence-corrected chi connectivity index (χ2v) is 7.46. The van der Waals surface area contributed by atoms with Gasteiger partial charge in [0, 0.05) is 26.2 Å². The van der Waals surface area contributed by atoms with E-state index < -0.39 is 10.8 Å². The van der Waals surface area contributed by atoms with E-state index in [4.69, 9.17) is 0 Å². The van der Waals surface area contributed by atoms with Crippen molar-refractivity contribution < 1.29 is 14.4 Å². The smallest absolute Gasteiger partial charge is 0.254 e. The van der Waals surface area contributed by atoms with E-state index in [1.165, 1.54) is 0 Å². The molecule has 24 heavy (non-hydrogen) atoms. The first kappa shape index (κ1) is 15.4. The Balaban J connectivity index is 1.96. The Bertz CT molecular complexity index is 682. The Kier molecular flexibility index (Phi) is 3.15. The molecule has 1 aromatic carbocycles. The van der Waals surface area contributed by atoms with E-state index in [0.29, 0.717) is 50.1 Å². The number of piperidine rings is 2. The molecule has 0 radical (unpaired) electrons. The van der Waals surface area contributed by atoms with E-state index in [1.807, 2.05) is 23.6 Å². The number of hydrogen-bond donors (Lipinski definition) is 0. The molecule has 5 nitrogen and oxygen atoms in total. The molecule has 0 N–H and O–H groups in total. The van der Waals surface area contributed by atoms with E-state index in [-0.39, 0.29) is 17.6 Å². The molecule has 0 spiro atoms. The molecule has 4 heterocycles. The van der Waals surface area contributed by atoms with Gasteiger partial charge in [-0.05, 0) is 25.0 Å². The minimum absolute atomic E-state index is 0.120. The van der Waals surface area contributed by atoms with Crippen LogP contribution >= 0.6 is 0 Å². The van der Waals surface area contributed by atoms with Gasteiger partial charge in [0.05, 0.1) is 22.0 Å². The Morgan fingerprint density at radius 1 is 0.792 bits per heavy atom. The van der Waals surface area contributed by atoms with Gasteiger partial charge in [-0.25, -0.2) is 0 Å². The van der Waals surface area contributed by atoms with Crippen LogP contribution in [0.1, 0.15) is 47.4 Å². The summed E-state index contributed by atoms with van der Waals surface area (Å²) in [6.45, 7) is 5.65. The van der Waals surface area contributed by atoms with Gasteiger partial charge in [0.2, 0.25) is 0 Å². The highest BCUT2D eigenvalue weighted by Crippen LogP contribution is 2.47. The highest BCUT2D eigenvalue weighted by Gasteiger charge is 2.60. The summed E-state index contributed by atoms with van der Waals surface area (Å²) in [7, 11) is 0. The Morgan fingerprint density at radius 2 is 1.17 bits per heavy atom. The molecule has 5 rings (SSSR count). The number of ketones is 1. The van der Waals surface area contributed by atoms with Crippen LogP contribution in [-0.4, -0.2) is 53.6 Å². The lowest BCUT2D eigenvalue weighted by Gasteiger charge is -2.56. The molecule has 2 fully saturated rings. The fourth-order valence-electron chi connectivity index (χ4n) is 4.78. The van der Waals surface area contributed by atoms with Crippen LogP contribution in [0.5, 0.6) is 0 Å². The third kappa shape index (κ3) is 1.78. The van der Waals surface area contributed by atoms with Crippen LogP contribution in [0.3, 0.4) is 0 Å². The van der Waals surface area contributed by atoms with Crippen LogP contribution in [-0.2, 0) is 4.79 Å². The molecule has 0 saturated carbocycles. The van der Waals surface area contributed by atoms with Gasteiger partial charge in [-0.3, -0.25) is 14.4 Å². The summed E-state index contributed by atoms with van der Waals surface area (Å²) in [4.78, 5) is 43.2. The lowest BCUT2D eigenvalue weighted by atomic mass is 9.60. The number of rotatable bonds is 2. The number of nitrogens with zero attached hydrogens (tertiary/aromatic N) is 2. The maximum Gasteiger partial charge on any atom is 0.254 e. The summed E-state index contributed by atoms with van der Waals surface area (Å²) in [5.41, 5.74) is -0.332. The summed E-state index contributed by atoms with van der Waals surface area (Å²) in [5, 5.41) is 0. The maximum atomic E-state index is 13.3. The second kappa shape index (κ2) is 4.91. The van der Waals surface area contributed by atoms with Crippen molar-refractivity contribution in [2.75, 3.05) is 26.2 Å². The summed E-state index contributed by atoms with van der Waals surface area (Å²) in [6.07, 6.45) is 1.30. The quantitative estimate of drug-likeness (QED) is 0.835. The van der Waals surface area contributed by atoms with Crippen LogP contribution in [0.2, 0.25) is 0 Å². The topological polar surface area (TPSA) is 57.7 Å². The van der Waals surface area contributed by atoms with E-state index in [2.05, 4.69) is 0 Å². The minimum Gasteiger partial charge on any atom is -0.336 e. The number of amides is 2. The Hall–Kier alpha value is -2.17. The van der Waals surface area contributed by atoms with Crippen molar-refractivity contribution in [2.45, 2.75) is 26.7 Å². The van der Waals surface area contributed by atoms with Gasteiger partial charge in [-0.1, -0.05) is 26.0 Å². The van der Waals surface area contributed by atoms with Gasteiger partial charge < -0.3 is 9.80 Å². The van der Waals surface area contributed by atoms with Gasteiger partial charge in [0.15, 0.2) is 5.78 Å². The summed E-state index contributed by atoms with van der Waals surface area (Å²) >= 11 is 0.